The Balaban J connectivity index is -0.0000000800. The van der Waals surface area contributed by atoms with Crippen molar-refractivity contribution in [3.63, 3.8) is 0 Å². The van der Waals surface area contributed by atoms with E-state index in [4.69, 9.17) is 14.4 Å². The Bertz CT molecular complexity index is 59.1. The van der Waals surface area contributed by atoms with Gasteiger partial charge in [0.15, 0.2) is 0 Å². The maximum absolute atomic E-state index is 8.87. The molecule has 0 aromatic heterocycles. The van der Waals surface area contributed by atoms with Crippen LogP contribution >= 0.6 is 30.6 Å². The van der Waals surface area contributed by atoms with E-state index in [0.717, 1.165) is 0 Å². The van der Waals surface area contributed by atoms with E-state index < -0.39 is 6.95 Å². The van der Waals surface area contributed by atoms with Crippen LogP contribution in [0, 0.1) is 0 Å². The number of halogens is 2. The van der Waals surface area contributed by atoms with Crippen LogP contribution in [0.2, 0.25) is 0 Å². The fraction of sp³-hybridized carbons (Fsp3) is 0. The molecule has 0 unspecified atom stereocenters. The predicted octanol–water partition coefficient (Wildman–Crippen LogP) is -0.905. The summed E-state index contributed by atoms with van der Waals surface area (Å²) in [7, 11) is 0. The van der Waals surface area contributed by atoms with Crippen molar-refractivity contribution in [3.8, 4) is 0 Å². The van der Waals surface area contributed by atoms with Gasteiger partial charge in [0.05, 0.1) is 0 Å². The summed E-state index contributed by atoms with van der Waals surface area (Å²) in [6.45, 7) is -4.67. The molecule has 0 rings (SSSR count). The zero-order chi connectivity index (χ0) is 4.50. The minimum atomic E-state index is -4.67. The van der Waals surface area contributed by atoms with Gasteiger partial charge in [0.25, 0.3) is 0 Å². The van der Waals surface area contributed by atoms with Crippen LogP contribution in [-0.4, -0.2) is 37.7 Å². The average molecular weight is 191 g/mol. The largest absolute Gasteiger partial charge is 2.00 e. The van der Waals surface area contributed by atoms with Crippen LogP contribution < -0.4 is 9.79 Å². The Morgan fingerprint density at radius 2 is 1.43 bits per heavy atom. The number of hydrogen-bond acceptors (Lipinski definition) is 3. The van der Waals surface area contributed by atoms with E-state index >= 15 is 0 Å². The molecule has 0 saturated carbocycles. The van der Waals surface area contributed by atoms with Crippen molar-refractivity contribution in [2.45, 2.75) is 0 Å². The summed E-state index contributed by atoms with van der Waals surface area (Å²) in [5, 5.41) is 0. The first-order valence-corrected chi connectivity index (χ1v) is 3.16. The van der Waals surface area contributed by atoms with Gasteiger partial charge in [-0.05, 0) is 0 Å². The fourth-order valence-corrected chi connectivity index (χ4v) is 0. The topological polar surface area (TPSA) is 63.2 Å². The molecule has 0 N–H and O–H groups in total. The molecule has 0 fully saturated rings. The molecule has 0 aromatic rings. The van der Waals surface area contributed by atoms with Crippen LogP contribution in [0.15, 0.2) is 0 Å². The summed E-state index contributed by atoms with van der Waals surface area (Å²) >= 11 is 3.97. The van der Waals surface area contributed by atoms with Gasteiger partial charge in [-0.15, -0.1) is 12.4 Å². The summed E-state index contributed by atoms with van der Waals surface area (Å²) < 4.78 is 8.87. The van der Waals surface area contributed by atoms with Gasteiger partial charge in [0, 0.05) is 6.95 Å². The van der Waals surface area contributed by atoms with Crippen LogP contribution in [0.25, 0.3) is 0 Å². The Morgan fingerprint density at radius 3 is 1.43 bits per heavy atom. The molecule has 0 atom stereocenters. The average Bonchev–Trinajstić information content (AvgIpc) is 0.722. The van der Waals surface area contributed by atoms with Crippen molar-refractivity contribution in [1.82, 2.24) is 0 Å². The molecule has 7 heteroatoms. The first-order chi connectivity index (χ1) is 2.00. The minimum absolute atomic E-state index is 0. The zero-order valence-electron chi connectivity index (χ0n) is 3.17. The summed E-state index contributed by atoms with van der Waals surface area (Å²) in [5.74, 6) is 0. The number of hydrogen-bond donors (Lipinski definition) is 0. The molecule has 0 amide bonds. The molecule has 40 valence electrons. The molecular formula is HCaCl2O3P. The maximum atomic E-state index is 8.87. The van der Waals surface area contributed by atoms with Gasteiger partial charge in [0.1, 0.15) is 0 Å². The van der Waals surface area contributed by atoms with E-state index in [1.165, 1.54) is 0 Å². The normalized spacial score (nSPS) is 8.43. The van der Waals surface area contributed by atoms with Crippen molar-refractivity contribution in [3.05, 3.63) is 0 Å². The van der Waals surface area contributed by atoms with Gasteiger partial charge < -0.3 is 14.4 Å². The monoisotopic (exact) mass is 190 g/mol. The zero-order valence-corrected chi connectivity index (χ0v) is 7.84. The maximum Gasteiger partial charge on any atom is 2.00 e. The smallest absolute Gasteiger partial charge is 0.799 e. The Hall–Kier alpha value is 1.99. The molecule has 0 aliphatic rings. The summed E-state index contributed by atoms with van der Waals surface area (Å²) in [4.78, 5) is 17.7. The summed E-state index contributed by atoms with van der Waals surface area (Å²) in [6, 6.07) is 0. The van der Waals surface area contributed by atoms with Crippen LogP contribution in [0.5, 0.6) is 0 Å². The van der Waals surface area contributed by atoms with Crippen LogP contribution in [0.3, 0.4) is 0 Å². The van der Waals surface area contributed by atoms with E-state index in [-0.39, 0.29) is 50.1 Å². The molecule has 0 heterocycles. The second-order valence-electron chi connectivity index (χ2n) is 0.431. The third kappa shape index (κ3) is 72.4. The van der Waals surface area contributed by atoms with Gasteiger partial charge in [-0.25, -0.2) is 0 Å². The molecule has 0 bridgehead atoms. The van der Waals surface area contributed by atoms with E-state index in [2.05, 4.69) is 11.2 Å². The van der Waals surface area contributed by atoms with E-state index in [9.17, 15) is 0 Å². The summed E-state index contributed by atoms with van der Waals surface area (Å²) in [6.07, 6.45) is 0. The van der Waals surface area contributed by atoms with Crippen molar-refractivity contribution >= 4 is 68.3 Å². The molecule has 0 aliphatic heterocycles. The summed E-state index contributed by atoms with van der Waals surface area (Å²) in [5.41, 5.74) is 0. The van der Waals surface area contributed by atoms with Crippen molar-refractivity contribution < 1.29 is 14.4 Å². The van der Waals surface area contributed by atoms with Gasteiger partial charge in [0.2, 0.25) is 0 Å². The standard InChI is InChI=1S/Ca.ClH2O3P.ClH/c;1-5(2,3)4;/h;(H2,2,3,4);1H/q+2;;/p-2. The molecular weight excluding hydrogens is 190 g/mol. The van der Waals surface area contributed by atoms with Crippen LogP contribution in [0.4, 0.5) is 0 Å². The van der Waals surface area contributed by atoms with Crippen LogP contribution in [0.1, 0.15) is 0 Å². The molecule has 3 nitrogen and oxygen atoms in total. The van der Waals surface area contributed by atoms with E-state index in [0.29, 0.717) is 0 Å². The van der Waals surface area contributed by atoms with Crippen molar-refractivity contribution in [1.29, 1.82) is 0 Å². The first kappa shape index (κ1) is 16.0. The third-order valence-corrected chi connectivity index (χ3v) is 0. The Kier molecular flexibility index (Phi) is 14.0. The van der Waals surface area contributed by atoms with Gasteiger partial charge >= 0.3 is 37.7 Å². The minimum Gasteiger partial charge on any atom is -0.799 e. The van der Waals surface area contributed by atoms with Crippen LogP contribution in [-0.2, 0) is 4.57 Å². The molecule has 7 heavy (non-hydrogen) atoms. The predicted molar refractivity (Wildman–Crippen MR) is 26.5 cm³/mol. The molecule has 0 aromatic carbocycles. The molecule has 0 aliphatic carbocycles. The quantitative estimate of drug-likeness (QED) is 0.368. The van der Waals surface area contributed by atoms with Crippen molar-refractivity contribution in [2.75, 3.05) is 0 Å². The second kappa shape index (κ2) is 6.11. The SMILES string of the molecule is Cl.O=P([O-])([O-])Cl.[Ca+2]. The van der Waals surface area contributed by atoms with Crippen molar-refractivity contribution in [2.24, 2.45) is 0 Å². The Morgan fingerprint density at radius 1 is 1.43 bits per heavy atom. The molecule has 0 spiro atoms. The second-order valence-corrected chi connectivity index (χ2v) is 2.53. The third-order valence-electron chi connectivity index (χ3n) is 0. The molecule has 0 radical (unpaired) electrons. The first-order valence-electron chi connectivity index (χ1n) is 0.717. The fourth-order valence-electron chi connectivity index (χ4n) is 0. The van der Waals surface area contributed by atoms with E-state index in [1.54, 1.807) is 0 Å². The van der Waals surface area contributed by atoms with Gasteiger partial charge in [-0.2, -0.15) is 0 Å². The van der Waals surface area contributed by atoms with Gasteiger partial charge in [-0.3, -0.25) is 0 Å². The van der Waals surface area contributed by atoms with E-state index in [1.807, 2.05) is 0 Å². The Labute approximate surface area is 81.8 Å². The molecule has 0 saturated heterocycles. The van der Waals surface area contributed by atoms with Gasteiger partial charge in [-0.1, -0.05) is 11.2 Å². The number of rotatable bonds is 0.